The second-order valence-electron chi connectivity index (χ2n) is 8.15. The van der Waals surface area contributed by atoms with Gasteiger partial charge in [-0.3, -0.25) is 4.79 Å². The number of likely N-dealkylation sites (tertiary alicyclic amines) is 1. The summed E-state index contributed by atoms with van der Waals surface area (Å²) in [6, 6.07) is 6.67. The van der Waals surface area contributed by atoms with Gasteiger partial charge in [-0.15, -0.1) is 0 Å². The molecule has 0 radical (unpaired) electrons. The van der Waals surface area contributed by atoms with Crippen LogP contribution < -0.4 is 5.32 Å². The lowest BCUT2D eigenvalue weighted by molar-refractivity contribution is -0.134. The molecule has 1 aromatic rings. The van der Waals surface area contributed by atoms with Crippen molar-refractivity contribution in [3.63, 3.8) is 0 Å². The summed E-state index contributed by atoms with van der Waals surface area (Å²) >= 11 is 0. The number of carbonyl (C=O) groups is 1. The van der Waals surface area contributed by atoms with Crippen molar-refractivity contribution in [1.82, 2.24) is 4.90 Å². The number of piperidine rings is 1. The van der Waals surface area contributed by atoms with Crippen molar-refractivity contribution in [3.8, 4) is 0 Å². The lowest BCUT2D eigenvalue weighted by atomic mass is 10.0. The van der Waals surface area contributed by atoms with E-state index in [0.717, 1.165) is 31.6 Å². The minimum absolute atomic E-state index is 0.0847. The van der Waals surface area contributed by atoms with Crippen molar-refractivity contribution in [2.45, 2.75) is 46.6 Å². The highest BCUT2D eigenvalue weighted by Gasteiger charge is 2.68. The number of rotatable bonds is 3. The minimum atomic E-state index is -0.228. The molecule has 23 heavy (non-hydrogen) atoms. The Morgan fingerprint density at radius 3 is 2.35 bits per heavy atom. The van der Waals surface area contributed by atoms with Crippen LogP contribution >= 0.6 is 0 Å². The van der Waals surface area contributed by atoms with Crippen LogP contribution in [0.3, 0.4) is 0 Å². The number of halogens is 1. The maximum absolute atomic E-state index is 13.0. The van der Waals surface area contributed by atoms with Crippen LogP contribution in [-0.2, 0) is 4.79 Å². The largest absolute Gasteiger partial charge is 0.381 e. The molecule has 126 valence electrons. The standard InChI is InChI=1S/C19H27FN2O/c1-18(2)16(19(18,3)4)17(23)22-11-5-6-15(12-22)21-14-9-7-13(20)8-10-14/h7-10,15-16,21H,5-6,11-12H2,1-4H3. The zero-order valence-electron chi connectivity index (χ0n) is 14.5. The van der Waals surface area contributed by atoms with Gasteiger partial charge in [0.15, 0.2) is 0 Å². The van der Waals surface area contributed by atoms with Gasteiger partial charge in [-0.05, 0) is 47.9 Å². The van der Waals surface area contributed by atoms with E-state index in [-0.39, 0.29) is 28.6 Å². The summed E-state index contributed by atoms with van der Waals surface area (Å²) in [4.78, 5) is 14.9. The first-order valence-corrected chi connectivity index (χ1v) is 8.54. The SMILES string of the molecule is CC1(C)C(C(=O)N2CCCC(Nc3ccc(F)cc3)C2)C1(C)C. The molecule has 1 saturated heterocycles. The summed E-state index contributed by atoms with van der Waals surface area (Å²) in [5.74, 6) is 0.194. The van der Waals surface area contributed by atoms with Crippen molar-refractivity contribution in [2.24, 2.45) is 16.7 Å². The molecular weight excluding hydrogens is 291 g/mol. The van der Waals surface area contributed by atoms with Crippen LogP contribution in [0.4, 0.5) is 10.1 Å². The highest BCUT2D eigenvalue weighted by atomic mass is 19.1. The average molecular weight is 318 g/mol. The summed E-state index contributed by atoms with van der Waals surface area (Å²) in [6.45, 7) is 10.3. The van der Waals surface area contributed by atoms with Gasteiger partial charge in [0.2, 0.25) is 5.91 Å². The summed E-state index contributed by atoms with van der Waals surface area (Å²) in [6.07, 6.45) is 2.05. The number of hydrogen-bond acceptors (Lipinski definition) is 2. The molecule has 0 bridgehead atoms. The molecule has 1 saturated carbocycles. The molecule has 1 aliphatic carbocycles. The fourth-order valence-electron chi connectivity index (χ4n) is 4.07. The Morgan fingerprint density at radius 2 is 1.78 bits per heavy atom. The Balaban J connectivity index is 1.62. The van der Waals surface area contributed by atoms with Crippen LogP contribution in [0.5, 0.6) is 0 Å². The van der Waals surface area contributed by atoms with Gasteiger partial charge in [0.1, 0.15) is 5.82 Å². The van der Waals surface area contributed by atoms with Crippen LogP contribution in [-0.4, -0.2) is 29.9 Å². The van der Waals surface area contributed by atoms with Crippen molar-refractivity contribution >= 4 is 11.6 Å². The van der Waals surface area contributed by atoms with Gasteiger partial charge in [0.25, 0.3) is 0 Å². The number of carbonyl (C=O) groups excluding carboxylic acids is 1. The van der Waals surface area contributed by atoms with Gasteiger partial charge in [-0.25, -0.2) is 4.39 Å². The molecule has 1 N–H and O–H groups in total. The third kappa shape index (κ3) is 2.84. The zero-order valence-corrected chi connectivity index (χ0v) is 14.5. The van der Waals surface area contributed by atoms with E-state index in [2.05, 4.69) is 33.0 Å². The molecule has 1 amide bonds. The van der Waals surface area contributed by atoms with Crippen molar-refractivity contribution in [3.05, 3.63) is 30.1 Å². The lowest BCUT2D eigenvalue weighted by Gasteiger charge is -2.34. The first-order chi connectivity index (χ1) is 10.7. The van der Waals surface area contributed by atoms with E-state index in [4.69, 9.17) is 0 Å². The number of nitrogens with zero attached hydrogens (tertiary/aromatic N) is 1. The molecule has 3 rings (SSSR count). The molecule has 1 aliphatic heterocycles. The first kappa shape index (κ1) is 16.3. The van der Waals surface area contributed by atoms with Crippen molar-refractivity contribution in [2.75, 3.05) is 18.4 Å². The smallest absolute Gasteiger partial charge is 0.226 e. The summed E-state index contributed by atoms with van der Waals surface area (Å²) in [5.41, 5.74) is 1.08. The topological polar surface area (TPSA) is 32.3 Å². The van der Waals surface area contributed by atoms with E-state index >= 15 is 0 Å². The summed E-state index contributed by atoms with van der Waals surface area (Å²) < 4.78 is 13.0. The maximum atomic E-state index is 13.0. The van der Waals surface area contributed by atoms with Gasteiger partial charge in [0.05, 0.1) is 0 Å². The van der Waals surface area contributed by atoms with Gasteiger partial charge in [-0.2, -0.15) is 0 Å². The Bertz CT molecular complexity index is 580. The second kappa shape index (κ2) is 5.50. The van der Waals surface area contributed by atoms with Gasteiger partial charge in [0, 0.05) is 30.7 Å². The molecule has 1 unspecified atom stereocenters. The highest BCUT2D eigenvalue weighted by molar-refractivity contribution is 5.84. The van der Waals surface area contributed by atoms with Crippen molar-refractivity contribution < 1.29 is 9.18 Å². The third-order valence-electron chi connectivity index (χ3n) is 6.22. The minimum Gasteiger partial charge on any atom is -0.381 e. The fraction of sp³-hybridized carbons (Fsp3) is 0.632. The van der Waals surface area contributed by atoms with Crippen molar-refractivity contribution in [1.29, 1.82) is 0 Å². The Hall–Kier alpha value is -1.58. The van der Waals surface area contributed by atoms with Crippen LogP contribution in [0.15, 0.2) is 24.3 Å². The van der Waals surface area contributed by atoms with E-state index < -0.39 is 0 Å². The predicted octanol–water partition coefficient (Wildman–Crippen LogP) is 3.91. The Morgan fingerprint density at radius 1 is 1.17 bits per heavy atom. The molecule has 3 nitrogen and oxygen atoms in total. The molecule has 0 aromatic heterocycles. The van der Waals surface area contributed by atoms with E-state index in [1.807, 2.05) is 4.90 Å². The van der Waals surface area contributed by atoms with E-state index in [1.165, 1.54) is 12.1 Å². The normalized spacial score (nSPS) is 26.0. The predicted molar refractivity (Wildman–Crippen MR) is 90.7 cm³/mol. The van der Waals surface area contributed by atoms with Crippen LogP contribution in [0.1, 0.15) is 40.5 Å². The van der Waals surface area contributed by atoms with Gasteiger partial charge >= 0.3 is 0 Å². The molecule has 0 spiro atoms. The monoisotopic (exact) mass is 318 g/mol. The van der Waals surface area contributed by atoms with E-state index in [0.29, 0.717) is 5.91 Å². The number of anilines is 1. The summed E-state index contributed by atoms with van der Waals surface area (Å²) in [5, 5.41) is 3.43. The molecule has 1 aromatic carbocycles. The Labute approximate surface area is 138 Å². The maximum Gasteiger partial charge on any atom is 0.226 e. The quantitative estimate of drug-likeness (QED) is 0.916. The number of benzene rings is 1. The van der Waals surface area contributed by atoms with Crippen LogP contribution in [0.25, 0.3) is 0 Å². The first-order valence-electron chi connectivity index (χ1n) is 8.54. The number of nitrogens with one attached hydrogen (secondary N) is 1. The lowest BCUT2D eigenvalue weighted by Crippen LogP contribution is -2.46. The number of hydrogen-bond donors (Lipinski definition) is 1. The molecular formula is C19H27FN2O. The second-order valence-corrected chi connectivity index (χ2v) is 8.15. The van der Waals surface area contributed by atoms with Crippen LogP contribution in [0.2, 0.25) is 0 Å². The summed E-state index contributed by atoms with van der Waals surface area (Å²) in [7, 11) is 0. The Kier molecular flexibility index (Phi) is 3.89. The highest BCUT2D eigenvalue weighted by Crippen LogP contribution is 2.68. The average Bonchev–Trinajstić information content (AvgIpc) is 2.91. The fourth-order valence-corrected chi connectivity index (χ4v) is 4.07. The molecule has 2 fully saturated rings. The van der Waals surface area contributed by atoms with E-state index in [9.17, 15) is 9.18 Å². The molecule has 1 heterocycles. The van der Waals surface area contributed by atoms with Crippen LogP contribution in [0, 0.1) is 22.6 Å². The van der Waals surface area contributed by atoms with Gasteiger partial charge < -0.3 is 10.2 Å². The van der Waals surface area contributed by atoms with E-state index in [1.54, 1.807) is 12.1 Å². The molecule has 1 atom stereocenters. The third-order valence-corrected chi connectivity index (χ3v) is 6.22. The zero-order chi connectivity index (χ0) is 16.8. The number of amides is 1. The molecule has 2 aliphatic rings. The molecule has 4 heteroatoms. The van der Waals surface area contributed by atoms with Gasteiger partial charge in [-0.1, -0.05) is 27.7 Å².